The lowest BCUT2D eigenvalue weighted by Gasteiger charge is -2.22. The summed E-state index contributed by atoms with van der Waals surface area (Å²) in [7, 11) is 0. The van der Waals surface area contributed by atoms with Crippen LogP contribution in [0.4, 0.5) is 0 Å². The van der Waals surface area contributed by atoms with E-state index in [1.165, 1.54) is 18.6 Å². The third kappa shape index (κ3) is 2.30. The molecule has 80 valence electrons. The van der Waals surface area contributed by atoms with E-state index in [2.05, 4.69) is 15.3 Å². The van der Waals surface area contributed by atoms with E-state index in [4.69, 9.17) is 4.74 Å². The second-order valence-electron chi connectivity index (χ2n) is 3.91. The molecule has 0 spiro atoms. The number of nitrogens with zero attached hydrogens (tertiary/aromatic N) is 2. The Kier molecular flexibility index (Phi) is 2.64. The number of ether oxygens (including phenoxy) is 1. The van der Waals surface area contributed by atoms with Gasteiger partial charge in [0.1, 0.15) is 5.69 Å². The van der Waals surface area contributed by atoms with Gasteiger partial charge in [-0.25, -0.2) is 4.98 Å². The van der Waals surface area contributed by atoms with Crippen molar-refractivity contribution >= 4 is 5.91 Å². The van der Waals surface area contributed by atoms with Crippen molar-refractivity contribution in [2.75, 3.05) is 13.2 Å². The molecule has 1 aliphatic rings. The summed E-state index contributed by atoms with van der Waals surface area (Å²) in [5.74, 6) is -0.198. The Morgan fingerprint density at radius 1 is 1.60 bits per heavy atom. The molecule has 5 nitrogen and oxygen atoms in total. The van der Waals surface area contributed by atoms with Gasteiger partial charge in [0.25, 0.3) is 5.91 Å². The Labute approximate surface area is 87.9 Å². The van der Waals surface area contributed by atoms with Crippen LogP contribution < -0.4 is 5.32 Å². The van der Waals surface area contributed by atoms with Gasteiger partial charge in [-0.1, -0.05) is 0 Å². The van der Waals surface area contributed by atoms with Crippen LogP contribution in [-0.4, -0.2) is 34.6 Å². The van der Waals surface area contributed by atoms with Crippen LogP contribution in [0.5, 0.6) is 0 Å². The molecule has 2 rings (SSSR count). The van der Waals surface area contributed by atoms with Gasteiger partial charge in [0, 0.05) is 19.0 Å². The number of rotatable bonds is 2. The molecule has 1 unspecified atom stereocenters. The van der Waals surface area contributed by atoms with Crippen molar-refractivity contribution in [2.45, 2.75) is 18.9 Å². The summed E-state index contributed by atoms with van der Waals surface area (Å²) < 4.78 is 5.25. The maximum absolute atomic E-state index is 11.7. The summed E-state index contributed by atoms with van der Waals surface area (Å²) >= 11 is 0. The first-order chi connectivity index (χ1) is 7.20. The first-order valence-electron chi connectivity index (χ1n) is 4.86. The molecule has 0 saturated carbocycles. The molecule has 0 radical (unpaired) electrons. The summed E-state index contributed by atoms with van der Waals surface area (Å²) in [5.41, 5.74) is 0.0693. The van der Waals surface area contributed by atoms with Crippen LogP contribution in [0.25, 0.3) is 0 Å². The molecule has 1 fully saturated rings. The van der Waals surface area contributed by atoms with Crippen molar-refractivity contribution in [3.05, 3.63) is 24.3 Å². The van der Waals surface area contributed by atoms with Gasteiger partial charge >= 0.3 is 0 Å². The van der Waals surface area contributed by atoms with E-state index in [1.54, 1.807) is 0 Å². The highest BCUT2D eigenvalue weighted by atomic mass is 16.5. The predicted octanol–water partition coefficient (Wildman–Crippen LogP) is 0.385. The fourth-order valence-corrected chi connectivity index (χ4v) is 1.52. The number of aromatic nitrogens is 2. The molecule has 1 aliphatic heterocycles. The van der Waals surface area contributed by atoms with Crippen LogP contribution in [0.3, 0.4) is 0 Å². The molecular weight excluding hydrogens is 194 g/mol. The molecule has 1 saturated heterocycles. The zero-order chi connectivity index (χ0) is 10.7. The molecule has 1 atom stereocenters. The van der Waals surface area contributed by atoms with Crippen LogP contribution in [0.15, 0.2) is 18.6 Å². The Bertz CT molecular complexity index is 347. The maximum atomic E-state index is 11.7. The fourth-order valence-electron chi connectivity index (χ4n) is 1.52. The summed E-state index contributed by atoms with van der Waals surface area (Å²) in [4.78, 5) is 19.5. The van der Waals surface area contributed by atoms with Crippen molar-refractivity contribution in [3.8, 4) is 0 Å². The third-order valence-electron chi connectivity index (χ3n) is 2.43. The molecule has 1 aromatic rings. The first-order valence-corrected chi connectivity index (χ1v) is 4.86. The van der Waals surface area contributed by atoms with Gasteiger partial charge in [-0.05, 0) is 13.3 Å². The number of carbonyl (C=O) groups is 1. The molecule has 2 heterocycles. The quantitative estimate of drug-likeness (QED) is 0.761. The average Bonchev–Trinajstić information content (AvgIpc) is 2.66. The minimum Gasteiger partial charge on any atom is -0.379 e. The second-order valence-corrected chi connectivity index (χ2v) is 3.91. The van der Waals surface area contributed by atoms with Crippen LogP contribution in [0, 0.1) is 0 Å². The lowest BCUT2D eigenvalue weighted by Crippen LogP contribution is -2.46. The highest BCUT2D eigenvalue weighted by molar-refractivity contribution is 5.92. The molecule has 1 aromatic heterocycles. The minimum atomic E-state index is -0.269. The van der Waals surface area contributed by atoms with E-state index in [0.717, 1.165) is 6.42 Å². The largest absolute Gasteiger partial charge is 0.379 e. The van der Waals surface area contributed by atoms with Gasteiger partial charge in [0.05, 0.1) is 18.3 Å². The maximum Gasteiger partial charge on any atom is 0.271 e. The number of nitrogens with one attached hydrogen (secondary N) is 1. The summed E-state index contributed by atoms with van der Waals surface area (Å²) in [6, 6.07) is 0. The smallest absolute Gasteiger partial charge is 0.271 e. The Hall–Kier alpha value is -1.49. The highest BCUT2D eigenvalue weighted by Gasteiger charge is 2.31. The molecule has 0 bridgehead atoms. The Morgan fingerprint density at radius 3 is 3.07 bits per heavy atom. The van der Waals surface area contributed by atoms with Gasteiger partial charge in [0.2, 0.25) is 0 Å². The fraction of sp³-hybridized carbons (Fsp3) is 0.500. The van der Waals surface area contributed by atoms with E-state index >= 15 is 0 Å². The van der Waals surface area contributed by atoms with Gasteiger partial charge in [0.15, 0.2) is 0 Å². The lowest BCUT2D eigenvalue weighted by molar-refractivity contribution is 0.0884. The molecule has 1 amide bonds. The van der Waals surface area contributed by atoms with Crippen molar-refractivity contribution < 1.29 is 9.53 Å². The monoisotopic (exact) mass is 207 g/mol. The van der Waals surface area contributed by atoms with Gasteiger partial charge in [-0.15, -0.1) is 0 Å². The van der Waals surface area contributed by atoms with Crippen LogP contribution in [0.2, 0.25) is 0 Å². The van der Waals surface area contributed by atoms with E-state index in [0.29, 0.717) is 18.9 Å². The zero-order valence-corrected chi connectivity index (χ0v) is 8.56. The van der Waals surface area contributed by atoms with E-state index in [-0.39, 0.29) is 11.4 Å². The van der Waals surface area contributed by atoms with Crippen molar-refractivity contribution in [3.63, 3.8) is 0 Å². The molecule has 5 heteroatoms. The lowest BCUT2D eigenvalue weighted by atomic mass is 10.0. The standard InChI is InChI=1S/C10H13N3O2/c1-10(2-5-15-7-10)13-9(14)8-6-11-3-4-12-8/h3-4,6H,2,5,7H2,1H3,(H,13,14). The van der Waals surface area contributed by atoms with Crippen LogP contribution >= 0.6 is 0 Å². The zero-order valence-electron chi connectivity index (χ0n) is 8.56. The van der Waals surface area contributed by atoms with Gasteiger partial charge < -0.3 is 10.1 Å². The number of hydrogen-bond acceptors (Lipinski definition) is 4. The third-order valence-corrected chi connectivity index (χ3v) is 2.43. The van der Waals surface area contributed by atoms with Crippen molar-refractivity contribution in [1.29, 1.82) is 0 Å². The molecular formula is C10H13N3O2. The van der Waals surface area contributed by atoms with Gasteiger partial charge in [-0.3, -0.25) is 9.78 Å². The molecule has 0 aromatic carbocycles. The van der Waals surface area contributed by atoms with E-state index < -0.39 is 0 Å². The number of amides is 1. The van der Waals surface area contributed by atoms with Crippen LogP contribution in [-0.2, 0) is 4.74 Å². The summed E-state index contributed by atoms with van der Waals surface area (Å²) in [5, 5.41) is 2.91. The van der Waals surface area contributed by atoms with E-state index in [1.807, 2.05) is 6.92 Å². The van der Waals surface area contributed by atoms with Crippen LogP contribution in [0.1, 0.15) is 23.8 Å². The van der Waals surface area contributed by atoms with Crippen molar-refractivity contribution in [1.82, 2.24) is 15.3 Å². The Balaban J connectivity index is 2.04. The number of hydrogen-bond donors (Lipinski definition) is 1. The topological polar surface area (TPSA) is 64.1 Å². The highest BCUT2D eigenvalue weighted by Crippen LogP contribution is 2.17. The summed E-state index contributed by atoms with van der Waals surface area (Å²) in [6.07, 6.45) is 5.33. The normalized spacial score (nSPS) is 25.1. The first kappa shape index (κ1) is 10.0. The SMILES string of the molecule is CC1(NC(=O)c2cnccn2)CCOC1. The second kappa shape index (κ2) is 3.94. The molecule has 15 heavy (non-hydrogen) atoms. The van der Waals surface area contributed by atoms with Crippen molar-refractivity contribution in [2.24, 2.45) is 0 Å². The molecule has 0 aliphatic carbocycles. The summed E-state index contributed by atoms with van der Waals surface area (Å²) in [6.45, 7) is 3.21. The van der Waals surface area contributed by atoms with Gasteiger partial charge in [-0.2, -0.15) is 0 Å². The van der Waals surface area contributed by atoms with E-state index in [9.17, 15) is 4.79 Å². The predicted molar refractivity (Wildman–Crippen MR) is 53.3 cm³/mol. The average molecular weight is 207 g/mol. The Morgan fingerprint density at radius 2 is 2.47 bits per heavy atom. The number of carbonyl (C=O) groups excluding carboxylic acids is 1. The minimum absolute atomic E-state index is 0.198. The molecule has 1 N–H and O–H groups in total.